The lowest BCUT2D eigenvalue weighted by atomic mass is 9.92. The Hall–Kier alpha value is -4.08. The first kappa shape index (κ1) is 34.4. The molecule has 0 unspecified atom stereocenters. The van der Waals surface area contributed by atoms with Crippen LogP contribution in [0.5, 0.6) is 23.0 Å². The van der Waals surface area contributed by atoms with E-state index in [1.165, 1.54) is 11.1 Å². The van der Waals surface area contributed by atoms with Gasteiger partial charge in [0.05, 0.1) is 0 Å². The topological polar surface area (TPSA) is 174 Å². The van der Waals surface area contributed by atoms with E-state index in [4.69, 9.17) is 48.0 Å². The third-order valence-corrected chi connectivity index (χ3v) is 5.72. The summed E-state index contributed by atoms with van der Waals surface area (Å²) in [5.41, 5.74) is 6.64. The van der Waals surface area contributed by atoms with Gasteiger partial charge in [0.2, 0.25) is 0 Å². The molecule has 0 atom stereocenters. The monoisotopic (exact) mass is 638 g/mol. The van der Waals surface area contributed by atoms with E-state index in [-0.39, 0.29) is 0 Å². The van der Waals surface area contributed by atoms with Crippen LogP contribution in [0.3, 0.4) is 0 Å². The Morgan fingerprint density at radius 3 is 1.05 bits per heavy atom. The van der Waals surface area contributed by atoms with Crippen molar-refractivity contribution in [2.24, 2.45) is 0 Å². The summed E-state index contributed by atoms with van der Waals surface area (Å²) < 4.78 is 30.4. The molecule has 0 aliphatic heterocycles. The van der Waals surface area contributed by atoms with E-state index < -0.39 is 15.6 Å². The molecule has 0 heterocycles. The van der Waals surface area contributed by atoms with Crippen LogP contribution in [0.1, 0.15) is 11.1 Å². The first-order valence-electron chi connectivity index (χ1n) is 13.0. The minimum atomic E-state index is -4.64. The van der Waals surface area contributed by atoms with Gasteiger partial charge in [-0.3, -0.25) is 0 Å². The Bertz CT molecular complexity index is 1600. The largest absolute Gasteiger partial charge is 0.466 e. The van der Waals surface area contributed by atoms with Gasteiger partial charge in [-0.15, -0.1) is 0 Å². The molecule has 5 aromatic carbocycles. The van der Waals surface area contributed by atoms with E-state index >= 15 is 0 Å². The average molecular weight is 639 g/mol. The van der Waals surface area contributed by atoms with Crippen molar-refractivity contribution in [3.05, 3.63) is 132 Å². The lowest BCUT2D eigenvalue weighted by Crippen LogP contribution is -1.94. The SMILES string of the molecule is Cc1ccc(Oc2ccccc2)c(-c2ccccc2-c2cc(C)ccc2Oc2ccccc2)c1.O=P(O)(O)O.O=P(O)(O)O. The third-order valence-electron chi connectivity index (χ3n) is 5.72. The lowest BCUT2D eigenvalue weighted by Gasteiger charge is -2.18. The fraction of sp³-hybridized carbons (Fsp3) is 0.0625. The van der Waals surface area contributed by atoms with E-state index in [2.05, 4.69) is 62.4 Å². The molecule has 44 heavy (non-hydrogen) atoms. The Balaban J connectivity index is 0.000000461. The molecule has 0 aliphatic rings. The van der Waals surface area contributed by atoms with Gasteiger partial charge in [-0.1, -0.05) is 83.9 Å². The normalized spacial score (nSPS) is 10.9. The van der Waals surface area contributed by atoms with Gasteiger partial charge < -0.3 is 38.8 Å². The van der Waals surface area contributed by atoms with Gasteiger partial charge in [-0.2, -0.15) is 0 Å². The zero-order valence-electron chi connectivity index (χ0n) is 23.8. The number of hydrogen-bond donors (Lipinski definition) is 6. The Labute approximate surface area is 254 Å². The second-order valence-electron chi connectivity index (χ2n) is 9.40. The van der Waals surface area contributed by atoms with Gasteiger partial charge in [0.1, 0.15) is 23.0 Å². The first-order valence-corrected chi connectivity index (χ1v) is 16.1. The zero-order chi connectivity index (χ0) is 32.3. The number of hydrogen-bond acceptors (Lipinski definition) is 4. The summed E-state index contributed by atoms with van der Waals surface area (Å²) in [4.78, 5) is 43.1. The zero-order valence-corrected chi connectivity index (χ0v) is 25.5. The summed E-state index contributed by atoms with van der Waals surface area (Å²) >= 11 is 0. The molecule has 5 rings (SSSR count). The average Bonchev–Trinajstić information content (AvgIpc) is 2.94. The lowest BCUT2D eigenvalue weighted by molar-refractivity contribution is 0.272. The molecule has 6 N–H and O–H groups in total. The van der Waals surface area contributed by atoms with Gasteiger partial charge in [0, 0.05) is 11.1 Å². The maximum absolute atomic E-state index is 8.88. The predicted octanol–water partition coefficient (Wildman–Crippen LogP) is 7.36. The van der Waals surface area contributed by atoms with E-state index in [1.807, 2.05) is 72.8 Å². The van der Waals surface area contributed by atoms with E-state index in [0.29, 0.717) is 0 Å². The fourth-order valence-corrected chi connectivity index (χ4v) is 4.07. The van der Waals surface area contributed by atoms with Gasteiger partial charge in [0.15, 0.2) is 0 Å². The van der Waals surface area contributed by atoms with Crippen LogP contribution >= 0.6 is 15.6 Å². The highest BCUT2D eigenvalue weighted by Gasteiger charge is 2.17. The summed E-state index contributed by atoms with van der Waals surface area (Å²) in [6.45, 7) is 4.21. The van der Waals surface area contributed by atoms with E-state index in [9.17, 15) is 0 Å². The summed E-state index contributed by atoms with van der Waals surface area (Å²) in [7, 11) is -9.28. The first-order chi connectivity index (χ1) is 20.7. The summed E-state index contributed by atoms with van der Waals surface area (Å²) in [6.07, 6.45) is 0. The quantitative estimate of drug-likeness (QED) is 0.103. The summed E-state index contributed by atoms with van der Waals surface area (Å²) in [5.74, 6) is 3.27. The molecule has 0 radical (unpaired) electrons. The number of benzene rings is 5. The van der Waals surface area contributed by atoms with Crippen molar-refractivity contribution in [3.8, 4) is 45.3 Å². The van der Waals surface area contributed by atoms with Crippen molar-refractivity contribution in [2.75, 3.05) is 0 Å². The smallest absolute Gasteiger partial charge is 0.457 e. The Morgan fingerprint density at radius 2 is 0.727 bits per heavy atom. The van der Waals surface area contributed by atoms with Gasteiger partial charge in [0.25, 0.3) is 0 Å². The van der Waals surface area contributed by atoms with E-state index in [1.54, 1.807) is 0 Å². The van der Waals surface area contributed by atoms with Crippen molar-refractivity contribution in [1.29, 1.82) is 0 Å². The number of rotatable bonds is 6. The second kappa shape index (κ2) is 15.6. The van der Waals surface area contributed by atoms with Gasteiger partial charge in [-0.05, 0) is 73.5 Å². The van der Waals surface area contributed by atoms with Gasteiger partial charge >= 0.3 is 15.6 Å². The highest BCUT2D eigenvalue weighted by atomic mass is 31.2. The van der Waals surface area contributed by atoms with Crippen LogP contribution < -0.4 is 9.47 Å². The molecular formula is C32H32O10P2. The van der Waals surface area contributed by atoms with Crippen LogP contribution in [-0.2, 0) is 9.13 Å². The van der Waals surface area contributed by atoms with Crippen molar-refractivity contribution in [3.63, 3.8) is 0 Å². The summed E-state index contributed by atoms with van der Waals surface area (Å²) in [5, 5.41) is 0. The Morgan fingerprint density at radius 1 is 0.432 bits per heavy atom. The van der Waals surface area contributed by atoms with Crippen LogP contribution in [0, 0.1) is 13.8 Å². The molecule has 10 nitrogen and oxygen atoms in total. The van der Waals surface area contributed by atoms with E-state index in [0.717, 1.165) is 45.3 Å². The van der Waals surface area contributed by atoms with Crippen LogP contribution in [-0.4, -0.2) is 29.4 Å². The second-order valence-corrected chi connectivity index (χ2v) is 11.5. The van der Waals surface area contributed by atoms with Crippen LogP contribution in [0.25, 0.3) is 22.3 Å². The molecule has 0 fully saturated rings. The molecule has 0 bridgehead atoms. The van der Waals surface area contributed by atoms with Crippen LogP contribution in [0.4, 0.5) is 0 Å². The highest BCUT2D eigenvalue weighted by Crippen LogP contribution is 2.43. The molecular weight excluding hydrogens is 606 g/mol. The maximum Gasteiger partial charge on any atom is 0.466 e. The molecule has 0 saturated heterocycles. The molecule has 0 amide bonds. The molecule has 0 spiro atoms. The van der Waals surface area contributed by atoms with Crippen molar-refractivity contribution in [1.82, 2.24) is 0 Å². The number of aryl methyl sites for hydroxylation is 2. The molecule has 0 aliphatic carbocycles. The molecule has 12 heteroatoms. The molecule has 0 aromatic heterocycles. The minimum absolute atomic E-state index is 0.814. The number of phosphoric acid groups is 2. The van der Waals surface area contributed by atoms with Gasteiger partial charge in [-0.25, -0.2) is 9.13 Å². The minimum Gasteiger partial charge on any atom is -0.457 e. The Kier molecular flexibility index (Phi) is 12.2. The number of para-hydroxylation sites is 2. The van der Waals surface area contributed by atoms with Crippen LogP contribution in [0.2, 0.25) is 0 Å². The maximum atomic E-state index is 8.88. The highest BCUT2D eigenvalue weighted by molar-refractivity contribution is 7.45. The molecule has 230 valence electrons. The fourth-order valence-electron chi connectivity index (χ4n) is 4.07. The predicted molar refractivity (Wildman–Crippen MR) is 168 cm³/mol. The van der Waals surface area contributed by atoms with Crippen molar-refractivity contribution < 1.29 is 48.0 Å². The number of ether oxygens (including phenoxy) is 2. The molecule has 0 saturated carbocycles. The van der Waals surface area contributed by atoms with Crippen molar-refractivity contribution in [2.45, 2.75) is 13.8 Å². The third kappa shape index (κ3) is 12.3. The molecule has 5 aromatic rings. The summed E-state index contributed by atoms with van der Waals surface area (Å²) in [6, 6.07) is 40.9. The standard InChI is InChI=1S/C32H26O2.2H3O4P/c1-23-17-19-31(33-25-11-5-3-6-12-25)29(21-23)27-15-9-10-16-28(27)30-22-24(2)18-20-32(30)34-26-13-7-4-8-14-26;2*1-5(2,3)4/h3-22H,1-2H3;2*(H3,1,2,3,4). The van der Waals surface area contributed by atoms with Crippen LogP contribution in [0.15, 0.2) is 121 Å². The van der Waals surface area contributed by atoms with Crippen molar-refractivity contribution >= 4 is 15.6 Å².